The normalized spacial score (nSPS) is 11.6. The molecule has 0 aliphatic carbocycles. The predicted molar refractivity (Wildman–Crippen MR) is 47.3 cm³/mol. The summed E-state index contributed by atoms with van der Waals surface area (Å²) in [5, 5.41) is 9.21. The van der Waals surface area contributed by atoms with Crippen molar-refractivity contribution in [2.45, 2.75) is 6.92 Å². The number of aliphatic hydroxyl groups is 1. The molecule has 0 aliphatic heterocycles. The minimum absolute atomic E-state index is 0.0602. The minimum atomic E-state index is -0.0602. The van der Waals surface area contributed by atoms with Gasteiger partial charge in [-0.2, -0.15) is 0 Å². The Labute approximate surface area is 69.1 Å². The molecule has 1 nitrogen and oxygen atoms in total. The van der Waals surface area contributed by atoms with Gasteiger partial charge in [-0.25, -0.2) is 0 Å². The predicted octanol–water partition coefficient (Wildman–Crippen LogP) is 2.71. The van der Waals surface area contributed by atoms with Crippen molar-refractivity contribution in [1.82, 2.24) is 0 Å². The fraction of sp³-hybridized carbons (Fsp3) is 0.400. The van der Waals surface area contributed by atoms with Crippen LogP contribution in [-0.4, -0.2) is 15.2 Å². The summed E-state index contributed by atoms with van der Waals surface area (Å²) in [4.78, 5) is 0. The first-order valence-electron chi connectivity index (χ1n) is 2.33. The second-order valence-electron chi connectivity index (χ2n) is 1.29. The van der Waals surface area contributed by atoms with E-state index in [9.17, 15) is 0 Å². The molecule has 0 aromatic carbocycles. The molecule has 9 heavy (non-hydrogen) atoms. The molecule has 0 heterocycles. The molecule has 0 saturated heterocycles. The molecule has 0 bridgehead atoms. The zero-order valence-corrected chi connectivity index (χ0v) is 7.32. The molecule has 0 amide bonds. The molecular formula is C5H7ClOS2. The van der Waals surface area contributed by atoms with Crippen LogP contribution in [0.5, 0.6) is 0 Å². The zero-order valence-electron chi connectivity index (χ0n) is 4.93. The van der Waals surface area contributed by atoms with Crippen LogP contribution in [0.3, 0.4) is 0 Å². The molecule has 0 aromatic rings. The fourth-order valence-electron chi connectivity index (χ4n) is 0.214. The van der Waals surface area contributed by atoms with Crippen molar-refractivity contribution in [3.8, 4) is 0 Å². The lowest BCUT2D eigenvalue weighted by molar-refractivity contribution is 0.586. The molecule has 0 atom stereocenters. The van der Waals surface area contributed by atoms with E-state index in [1.54, 1.807) is 6.08 Å². The molecule has 0 aromatic heterocycles. The minimum Gasteiger partial charge on any atom is -0.494 e. The third kappa shape index (κ3) is 6.15. The summed E-state index contributed by atoms with van der Waals surface area (Å²) < 4.78 is -0.0602. The monoisotopic (exact) mass is 182 g/mol. The van der Waals surface area contributed by atoms with E-state index in [0.29, 0.717) is 10.8 Å². The molecule has 0 spiro atoms. The molecule has 0 saturated carbocycles. The van der Waals surface area contributed by atoms with E-state index in [1.165, 1.54) is 0 Å². The molecule has 0 unspecified atom stereocenters. The van der Waals surface area contributed by atoms with Crippen LogP contribution in [-0.2, 0) is 0 Å². The van der Waals surface area contributed by atoms with E-state index in [2.05, 4.69) is 12.2 Å². The third-order valence-corrected chi connectivity index (χ3v) is 2.21. The van der Waals surface area contributed by atoms with Gasteiger partial charge in [0.05, 0.1) is 0 Å². The lowest BCUT2D eigenvalue weighted by Gasteiger charge is -1.93. The van der Waals surface area contributed by atoms with Gasteiger partial charge in [-0.3, -0.25) is 0 Å². The van der Waals surface area contributed by atoms with Crippen molar-refractivity contribution in [3.63, 3.8) is 0 Å². The molecule has 0 fully saturated rings. The lowest BCUT2D eigenvalue weighted by atomic mass is 10.6. The maximum atomic E-state index is 8.51. The average Bonchev–Trinajstić information content (AvgIpc) is 1.83. The summed E-state index contributed by atoms with van der Waals surface area (Å²) >= 11 is 11.1. The highest BCUT2D eigenvalue weighted by Gasteiger charge is 1.93. The van der Waals surface area contributed by atoms with Crippen molar-refractivity contribution < 1.29 is 5.11 Å². The topological polar surface area (TPSA) is 20.2 Å². The van der Waals surface area contributed by atoms with Gasteiger partial charge in [0, 0.05) is 10.8 Å². The summed E-state index contributed by atoms with van der Waals surface area (Å²) in [6, 6.07) is 0. The average molecular weight is 183 g/mol. The molecule has 1 N–H and O–H groups in total. The van der Waals surface area contributed by atoms with Gasteiger partial charge in [-0.15, -0.1) is 0 Å². The van der Waals surface area contributed by atoms with Crippen molar-refractivity contribution in [2.24, 2.45) is 0 Å². The molecule has 4 heteroatoms. The Hall–Kier alpha value is 0.270. The van der Waals surface area contributed by atoms with Gasteiger partial charge in [-0.1, -0.05) is 29.4 Å². The van der Waals surface area contributed by atoms with E-state index in [1.807, 2.05) is 6.92 Å². The lowest BCUT2D eigenvalue weighted by Crippen LogP contribution is -1.85. The maximum Gasteiger partial charge on any atom is 0.217 e. The van der Waals surface area contributed by atoms with Crippen LogP contribution in [0.1, 0.15) is 6.92 Å². The van der Waals surface area contributed by atoms with Crippen molar-refractivity contribution in [2.75, 3.05) is 5.75 Å². The van der Waals surface area contributed by atoms with Crippen LogP contribution in [0, 0.1) is 0 Å². The third-order valence-electron chi connectivity index (χ3n) is 0.647. The highest BCUT2D eigenvalue weighted by Crippen LogP contribution is 2.11. The van der Waals surface area contributed by atoms with Crippen LogP contribution in [0.15, 0.2) is 11.1 Å². The first kappa shape index (κ1) is 9.27. The number of hydrogen-bond acceptors (Lipinski definition) is 2. The van der Waals surface area contributed by atoms with Gasteiger partial charge in [0.2, 0.25) is 4.38 Å². The van der Waals surface area contributed by atoms with E-state index in [4.69, 9.17) is 16.7 Å². The van der Waals surface area contributed by atoms with Crippen molar-refractivity contribution in [1.29, 1.82) is 0 Å². The summed E-state index contributed by atoms with van der Waals surface area (Å²) in [7, 11) is 0. The van der Waals surface area contributed by atoms with E-state index in [0.717, 1.165) is 11.8 Å². The number of rotatable bonds is 2. The molecule has 0 radical (unpaired) electrons. The van der Waals surface area contributed by atoms with Crippen LogP contribution in [0.2, 0.25) is 0 Å². The summed E-state index contributed by atoms with van der Waals surface area (Å²) in [6.07, 6.45) is 1.77. The van der Waals surface area contributed by atoms with Crippen LogP contribution < -0.4 is 0 Å². The standard InChI is InChI=1S/C5H7ClOS2/c1-2-4(6)3-9-5(7)8/h2H,3H2,1H3,(H,7,8). The second-order valence-corrected chi connectivity index (χ2v) is 3.38. The van der Waals surface area contributed by atoms with Crippen LogP contribution >= 0.6 is 35.6 Å². The van der Waals surface area contributed by atoms with Crippen molar-refractivity contribution in [3.05, 3.63) is 11.1 Å². The van der Waals surface area contributed by atoms with Gasteiger partial charge in [0.15, 0.2) is 0 Å². The number of thiocarbonyl (C=S) groups is 1. The zero-order chi connectivity index (χ0) is 7.28. The first-order chi connectivity index (χ1) is 4.16. The van der Waals surface area contributed by atoms with Crippen LogP contribution in [0.4, 0.5) is 0 Å². The van der Waals surface area contributed by atoms with Gasteiger partial charge in [0.1, 0.15) is 0 Å². The van der Waals surface area contributed by atoms with Gasteiger partial charge < -0.3 is 5.11 Å². The maximum absolute atomic E-state index is 8.51. The molecule has 0 aliphatic rings. The largest absolute Gasteiger partial charge is 0.494 e. The highest BCUT2D eigenvalue weighted by molar-refractivity contribution is 8.22. The number of aliphatic hydroxyl groups excluding tert-OH is 1. The van der Waals surface area contributed by atoms with E-state index in [-0.39, 0.29) is 4.38 Å². The number of hydrogen-bond donors (Lipinski definition) is 1. The second kappa shape index (κ2) is 5.09. The Morgan fingerprint density at radius 2 is 2.44 bits per heavy atom. The van der Waals surface area contributed by atoms with Crippen molar-refractivity contribution >= 4 is 40.0 Å². The number of thioether (sulfide) groups is 1. The van der Waals surface area contributed by atoms with Crippen LogP contribution in [0.25, 0.3) is 0 Å². The fourth-order valence-corrected chi connectivity index (χ4v) is 0.982. The Kier molecular flexibility index (Phi) is 5.24. The van der Waals surface area contributed by atoms with Gasteiger partial charge >= 0.3 is 0 Å². The Bertz CT molecular complexity index is 133. The van der Waals surface area contributed by atoms with Gasteiger partial charge in [-0.05, 0) is 19.1 Å². The van der Waals surface area contributed by atoms with Gasteiger partial charge in [0.25, 0.3) is 0 Å². The highest BCUT2D eigenvalue weighted by atomic mass is 35.5. The molecule has 0 rings (SSSR count). The Balaban J connectivity index is 3.39. The number of allylic oxidation sites excluding steroid dienone is 1. The Morgan fingerprint density at radius 1 is 1.89 bits per heavy atom. The quantitative estimate of drug-likeness (QED) is 0.664. The Morgan fingerprint density at radius 3 is 2.78 bits per heavy atom. The number of halogens is 1. The first-order valence-corrected chi connectivity index (χ1v) is 4.10. The van der Waals surface area contributed by atoms with E-state index >= 15 is 0 Å². The summed E-state index contributed by atoms with van der Waals surface area (Å²) in [6.45, 7) is 1.84. The molecule has 52 valence electrons. The summed E-state index contributed by atoms with van der Waals surface area (Å²) in [5.41, 5.74) is 0. The smallest absolute Gasteiger partial charge is 0.217 e. The molecular weight excluding hydrogens is 176 g/mol. The SMILES string of the molecule is CC=C(Cl)CSC(O)=S. The summed E-state index contributed by atoms with van der Waals surface area (Å²) in [5.74, 6) is 0.563. The van der Waals surface area contributed by atoms with E-state index < -0.39 is 0 Å².